The largest absolute Gasteiger partial charge is 0.479 e. The molecule has 0 aliphatic carbocycles. The maximum Gasteiger partial charge on any atom is 0.344 e. The van der Waals surface area contributed by atoms with Gasteiger partial charge in [0.05, 0.1) is 0 Å². The van der Waals surface area contributed by atoms with Gasteiger partial charge < -0.3 is 9.84 Å². The second-order valence-electron chi connectivity index (χ2n) is 3.50. The second kappa shape index (κ2) is 5.39. The van der Waals surface area contributed by atoms with E-state index in [0.29, 0.717) is 12.2 Å². The fourth-order valence-corrected chi connectivity index (χ4v) is 1.34. The summed E-state index contributed by atoms with van der Waals surface area (Å²) >= 11 is 0. The van der Waals surface area contributed by atoms with Crippen LogP contribution < -0.4 is 4.74 Å². The monoisotopic (exact) mass is 208 g/mol. The van der Waals surface area contributed by atoms with Crippen LogP contribution in [0.15, 0.2) is 24.3 Å². The van der Waals surface area contributed by atoms with Crippen LogP contribution in [0, 0.1) is 6.92 Å². The minimum absolute atomic E-state index is 0.531. The van der Waals surface area contributed by atoms with E-state index in [4.69, 9.17) is 9.84 Å². The van der Waals surface area contributed by atoms with E-state index in [0.717, 1.165) is 12.0 Å². The molecular formula is C12H16O3. The molecule has 3 heteroatoms. The van der Waals surface area contributed by atoms with Crippen LogP contribution in [-0.2, 0) is 4.79 Å². The number of aliphatic carboxylic acids is 1. The average molecular weight is 208 g/mol. The van der Waals surface area contributed by atoms with Gasteiger partial charge in [0.15, 0.2) is 6.10 Å². The lowest BCUT2D eigenvalue weighted by Gasteiger charge is -2.15. The summed E-state index contributed by atoms with van der Waals surface area (Å²) in [5.74, 6) is -0.251. The van der Waals surface area contributed by atoms with Gasteiger partial charge in [-0.25, -0.2) is 4.79 Å². The molecule has 1 rings (SSSR count). The van der Waals surface area contributed by atoms with E-state index < -0.39 is 12.1 Å². The predicted octanol–water partition coefficient (Wildman–Crippen LogP) is 2.63. The Hall–Kier alpha value is -1.51. The third kappa shape index (κ3) is 3.27. The second-order valence-corrected chi connectivity index (χ2v) is 3.50. The minimum atomic E-state index is -0.903. The average Bonchev–Trinajstić information content (AvgIpc) is 2.20. The van der Waals surface area contributed by atoms with Gasteiger partial charge in [-0.2, -0.15) is 0 Å². The van der Waals surface area contributed by atoms with Crippen LogP contribution in [0.5, 0.6) is 5.75 Å². The van der Waals surface area contributed by atoms with Crippen LogP contribution in [0.4, 0.5) is 0 Å². The minimum Gasteiger partial charge on any atom is -0.479 e. The number of rotatable bonds is 5. The van der Waals surface area contributed by atoms with E-state index in [1.807, 2.05) is 32.0 Å². The van der Waals surface area contributed by atoms with Crippen molar-refractivity contribution in [3.8, 4) is 5.75 Å². The van der Waals surface area contributed by atoms with Gasteiger partial charge in [0.1, 0.15) is 5.75 Å². The molecule has 0 aliphatic rings. The number of hydrogen-bond donors (Lipinski definition) is 1. The maximum absolute atomic E-state index is 10.9. The highest BCUT2D eigenvalue weighted by Gasteiger charge is 2.18. The zero-order valence-corrected chi connectivity index (χ0v) is 9.06. The molecule has 15 heavy (non-hydrogen) atoms. The zero-order valence-electron chi connectivity index (χ0n) is 9.06. The molecule has 0 saturated carbocycles. The summed E-state index contributed by atoms with van der Waals surface area (Å²) in [7, 11) is 0. The number of para-hydroxylation sites is 1. The van der Waals surface area contributed by atoms with Crippen molar-refractivity contribution in [3.05, 3.63) is 29.8 Å². The Morgan fingerprint density at radius 3 is 2.67 bits per heavy atom. The van der Waals surface area contributed by atoms with E-state index in [2.05, 4.69) is 0 Å². The molecule has 0 amide bonds. The summed E-state index contributed by atoms with van der Waals surface area (Å²) in [6.45, 7) is 3.84. The molecule has 0 spiro atoms. The Balaban J connectivity index is 2.74. The lowest BCUT2D eigenvalue weighted by atomic mass is 10.2. The Bertz CT molecular complexity index is 333. The Morgan fingerprint density at radius 1 is 1.47 bits per heavy atom. The number of aryl methyl sites for hydroxylation is 1. The highest BCUT2D eigenvalue weighted by atomic mass is 16.5. The molecule has 1 N–H and O–H groups in total. The molecule has 1 aromatic rings. The van der Waals surface area contributed by atoms with Gasteiger partial charge in [0, 0.05) is 0 Å². The standard InChI is InChI=1S/C12H16O3/c1-3-6-11(12(13)14)15-10-8-5-4-7-9(10)2/h4-5,7-8,11H,3,6H2,1-2H3,(H,13,14)/t11-/m0/s1. The van der Waals surface area contributed by atoms with E-state index >= 15 is 0 Å². The predicted molar refractivity (Wildman–Crippen MR) is 58.1 cm³/mol. The van der Waals surface area contributed by atoms with E-state index in [9.17, 15) is 4.79 Å². The molecule has 3 nitrogen and oxygen atoms in total. The van der Waals surface area contributed by atoms with Crippen LogP contribution in [0.3, 0.4) is 0 Å². The van der Waals surface area contributed by atoms with E-state index in [-0.39, 0.29) is 0 Å². The summed E-state index contributed by atoms with van der Waals surface area (Å²) in [4.78, 5) is 10.9. The fraction of sp³-hybridized carbons (Fsp3) is 0.417. The lowest BCUT2D eigenvalue weighted by molar-refractivity contribution is -0.145. The van der Waals surface area contributed by atoms with Gasteiger partial charge in [-0.15, -0.1) is 0 Å². The molecule has 0 bridgehead atoms. The van der Waals surface area contributed by atoms with Gasteiger partial charge in [-0.3, -0.25) is 0 Å². The van der Waals surface area contributed by atoms with Crippen LogP contribution >= 0.6 is 0 Å². The van der Waals surface area contributed by atoms with Crippen molar-refractivity contribution in [3.63, 3.8) is 0 Å². The van der Waals surface area contributed by atoms with E-state index in [1.54, 1.807) is 6.07 Å². The molecule has 0 aliphatic heterocycles. The molecule has 1 atom stereocenters. The van der Waals surface area contributed by atoms with Crippen molar-refractivity contribution in [1.82, 2.24) is 0 Å². The first-order valence-corrected chi connectivity index (χ1v) is 5.10. The van der Waals surface area contributed by atoms with Crippen molar-refractivity contribution < 1.29 is 14.6 Å². The van der Waals surface area contributed by atoms with Crippen molar-refractivity contribution in [2.75, 3.05) is 0 Å². The molecule has 82 valence electrons. The van der Waals surface area contributed by atoms with Gasteiger partial charge in [-0.05, 0) is 25.0 Å². The first-order chi connectivity index (χ1) is 7.15. The first kappa shape index (κ1) is 11.6. The van der Waals surface area contributed by atoms with Crippen molar-refractivity contribution in [2.24, 2.45) is 0 Å². The zero-order chi connectivity index (χ0) is 11.3. The Labute approximate surface area is 89.7 Å². The van der Waals surface area contributed by atoms with Crippen LogP contribution in [-0.4, -0.2) is 17.2 Å². The van der Waals surface area contributed by atoms with Crippen LogP contribution in [0.1, 0.15) is 25.3 Å². The van der Waals surface area contributed by atoms with Gasteiger partial charge in [-0.1, -0.05) is 31.5 Å². The normalized spacial score (nSPS) is 12.1. The van der Waals surface area contributed by atoms with Crippen LogP contribution in [0.2, 0.25) is 0 Å². The number of ether oxygens (including phenoxy) is 1. The molecule has 0 unspecified atom stereocenters. The number of hydrogen-bond acceptors (Lipinski definition) is 2. The molecule has 0 aromatic heterocycles. The summed E-state index contributed by atoms with van der Waals surface area (Å²) in [6, 6.07) is 7.44. The highest BCUT2D eigenvalue weighted by molar-refractivity contribution is 5.72. The van der Waals surface area contributed by atoms with Crippen LogP contribution in [0.25, 0.3) is 0 Å². The third-order valence-corrected chi connectivity index (χ3v) is 2.19. The number of carbonyl (C=O) groups is 1. The van der Waals surface area contributed by atoms with E-state index in [1.165, 1.54) is 0 Å². The Kier molecular flexibility index (Phi) is 4.16. The summed E-state index contributed by atoms with van der Waals surface area (Å²) < 4.78 is 5.45. The maximum atomic E-state index is 10.9. The summed E-state index contributed by atoms with van der Waals surface area (Å²) in [6.07, 6.45) is 0.586. The molecule has 0 fully saturated rings. The number of carboxylic acid groups (broad SMARTS) is 1. The fourth-order valence-electron chi connectivity index (χ4n) is 1.34. The summed E-state index contributed by atoms with van der Waals surface area (Å²) in [5, 5.41) is 8.93. The van der Waals surface area contributed by atoms with Gasteiger partial charge in [0.2, 0.25) is 0 Å². The highest BCUT2D eigenvalue weighted by Crippen LogP contribution is 2.19. The summed E-state index contributed by atoms with van der Waals surface area (Å²) in [5.41, 5.74) is 0.958. The first-order valence-electron chi connectivity index (χ1n) is 5.10. The topological polar surface area (TPSA) is 46.5 Å². The third-order valence-electron chi connectivity index (χ3n) is 2.19. The van der Waals surface area contributed by atoms with Gasteiger partial charge in [0.25, 0.3) is 0 Å². The molecule has 0 radical (unpaired) electrons. The smallest absolute Gasteiger partial charge is 0.344 e. The SMILES string of the molecule is CCC[C@H](Oc1ccccc1C)C(=O)O. The van der Waals surface area contributed by atoms with Crippen molar-refractivity contribution in [2.45, 2.75) is 32.8 Å². The number of benzene rings is 1. The molecule has 1 aromatic carbocycles. The molecular weight excluding hydrogens is 192 g/mol. The molecule has 0 heterocycles. The quantitative estimate of drug-likeness (QED) is 0.809. The van der Waals surface area contributed by atoms with Gasteiger partial charge >= 0.3 is 5.97 Å². The lowest BCUT2D eigenvalue weighted by Crippen LogP contribution is -2.26. The van der Waals surface area contributed by atoms with Crippen molar-refractivity contribution >= 4 is 5.97 Å². The Morgan fingerprint density at radius 2 is 2.13 bits per heavy atom. The number of carboxylic acids is 1. The van der Waals surface area contributed by atoms with Crippen molar-refractivity contribution in [1.29, 1.82) is 0 Å². The molecule has 0 saturated heterocycles.